The molecule has 113 heavy (non-hydrogen) atoms. The Labute approximate surface area is 684 Å². The molecule has 652 valence electrons. The summed E-state index contributed by atoms with van der Waals surface area (Å²) in [6.07, 6.45) is 76.2. The molecule has 19 heteroatoms. The van der Waals surface area contributed by atoms with Crippen molar-refractivity contribution < 1.29 is 89.4 Å². The van der Waals surface area contributed by atoms with Gasteiger partial charge >= 0.3 is 0 Å². The first-order valence-corrected chi connectivity index (χ1v) is 45.3. The number of rotatable bonds is 72. The molecule has 0 aromatic carbocycles. The van der Waals surface area contributed by atoms with Gasteiger partial charge in [0.1, 0.15) is 73.2 Å². The van der Waals surface area contributed by atoms with Crippen molar-refractivity contribution in [1.82, 2.24) is 5.32 Å². The average Bonchev–Trinajstić information content (AvgIpc) is 0.777. The van der Waals surface area contributed by atoms with Crippen LogP contribution in [0.25, 0.3) is 0 Å². The molecule has 0 radical (unpaired) electrons. The van der Waals surface area contributed by atoms with E-state index in [0.717, 1.165) is 116 Å². The number of aliphatic hydroxyl groups excluding tert-OH is 11. The maximum absolute atomic E-state index is 13.5. The number of ether oxygens (including phenoxy) is 6. The summed E-state index contributed by atoms with van der Waals surface area (Å²) in [5.41, 5.74) is 0. The van der Waals surface area contributed by atoms with Crippen LogP contribution in [0.2, 0.25) is 0 Å². The number of unbranched alkanes of at least 4 members (excludes halogenated alkanes) is 38. The summed E-state index contributed by atoms with van der Waals surface area (Å²) in [6.45, 7) is 1.66. The zero-order valence-electron chi connectivity index (χ0n) is 70.3. The molecule has 0 spiro atoms. The van der Waals surface area contributed by atoms with Crippen molar-refractivity contribution in [2.75, 3.05) is 26.4 Å². The second kappa shape index (κ2) is 72.2. The number of amides is 1. The summed E-state index contributed by atoms with van der Waals surface area (Å²) in [5.74, 6) is -0.277. The molecule has 3 aliphatic rings. The molecular formula is C94H163NO18. The second-order valence-electron chi connectivity index (χ2n) is 31.7. The predicted octanol–water partition coefficient (Wildman–Crippen LogP) is 17.4. The highest BCUT2D eigenvalue weighted by molar-refractivity contribution is 5.76. The van der Waals surface area contributed by atoms with Gasteiger partial charge in [-0.2, -0.15) is 0 Å². The van der Waals surface area contributed by atoms with E-state index < -0.39 is 124 Å². The minimum absolute atomic E-state index is 0.236. The third-order valence-corrected chi connectivity index (χ3v) is 21.8. The van der Waals surface area contributed by atoms with Crippen LogP contribution in [0.15, 0.2) is 122 Å². The van der Waals surface area contributed by atoms with E-state index in [4.69, 9.17) is 28.4 Å². The molecule has 3 fully saturated rings. The summed E-state index contributed by atoms with van der Waals surface area (Å²) in [5, 5.41) is 121. The highest BCUT2D eigenvalue weighted by Crippen LogP contribution is 2.33. The van der Waals surface area contributed by atoms with Crippen molar-refractivity contribution in [3.63, 3.8) is 0 Å². The predicted molar refractivity (Wildman–Crippen MR) is 457 cm³/mol. The van der Waals surface area contributed by atoms with Crippen molar-refractivity contribution in [3.8, 4) is 0 Å². The van der Waals surface area contributed by atoms with Crippen molar-refractivity contribution in [2.24, 2.45) is 0 Å². The maximum atomic E-state index is 13.5. The van der Waals surface area contributed by atoms with Gasteiger partial charge < -0.3 is 89.9 Å². The van der Waals surface area contributed by atoms with Crippen LogP contribution < -0.4 is 5.32 Å². The minimum Gasteiger partial charge on any atom is -0.394 e. The summed E-state index contributed by atoms with van der Waals surface area (Å²) in [6, 6.07) is -0.983. The molecule has 3 rings (SSSR count). The number of aliphatic hydroxyl groups is 11. The Balaban J connectivity index is 1.32. The number of hydrogen-bond donors (Lipinski definition) is 12. The maximum Gasteiger partial charge on any atom is 0.220 e. The zero-order valence-corrected chi connectivity index (χ0v) is 70.3. The van der Waals surface area contributed by atoms with E-state index in [9.17, 15) is 61.0 Å². The van der Waals surface area contributed by atoms with Crippen LogP contribution >= 0.6 is 0 Å². The Morgan fingerprint density at radius 1 is 0.327 bits per heavy atom. The lowest BCUT2D eigenvalue weighted by atomic mass is 9.96. The van der Waals surface area contributed by atoms with Gasteiger partial charge in [-0.15, -0.1) is 0 Å². The van der Waals surface area contributed by atoms with Gasteiger partial charge in [-0.05, 0) is 89.9 Å². The van der Waals surface area contributed by atoms with Crippen LogP contribution in [-0.2, 0) is 33.2 Å². The van der Waals surface area contributed by atoms with Crippen molar-refractivity contribution >= 4 is 5.91 Å². The Kier molecular flexibility index (Phi) is 66.1. The molecule has 3 heterocycles. The third-order valence-electron chi connectivity index (χ3n) is 21.8. The Bertz CT molecular complexity index is 2510. The van der Waals surface area contributed by atoms with Gasteiger partial charge in [0.25, 0.3) is 0 Å². The quantitative estimate of drug-likeness (QED) is 0.0199. The lowest BCUT2D eigenvalue weighted by Gasteiger charge is -2.48. The number of nitrogens with one attached hydrogen (secondary N) is 1. The second-order valence-corrected chi connectivity index (χ2v) is 31.7. The SMILES string of the molecule is CC/C=C\C/C=C\C/C=C\C/C=C\C/C=C\C/C=C\C/C=C\C/C=C\C/C=C\CCCCCCCCCCCCCCCC(=O)NC(COC1OC(CO)C(OC2OC(CO)C(OC3OC(CO)C(O)C(O)C3O)C(O)C2O)C(O)C1O)C(O)/C=C/CCCCCCCCCCCCCCCCCCCCCCCCCCC. The van der Waals surface area contributed by atoms with E-state index in [1.807, 2.05) is 6.08 Å². The number of allylic oxidation sites excluding steroid dienone is 19. The topological polar surface area (TPSA) is 307 Å². The van der Waals surface area contributed by atoms with E-state index in [1.54, 1.807) is 6.08 Å². The van der Waals surface area contributed by atoms with E-state index in [2.05, 4.69) is 129 Å². The third kappa shape index (κ3) is 50.7. The molecular weight excluding hydrogens is 1430 g/mol. The lowest BCUT2D eigenvalue weighted by Crippen LogP contribution is -2.66. The van der Waals surface area contributed by atoms with Gasteiger partial charge in [-0.25, -0.2) is 0 Å². The molecule has 0 aromatic rings. The smallest absolute Gasteiger partial charge is 0.220 e. The molecule has 12 N–H and O–H groups in total. The molecule has 19 nitrogen and oxygen atoms in total. The highest BCUT2D eigenvalue weighted by Gasteiger charge is 2.54. The van der Waals surface area contributed by atoms with E-state index in [-0.39, 0.29) is 18.9 Å². The minimum atomic E-state index is -1.98. The van der Waals surface area contributed by atoms with Gasteiger partial charge in [0.05, 0.1) is 38.6 Å². The van der Waals surface area contributed by atoms with Crippen LogP contribution in [0.5, 0.6) is 0 Å². The summed E-state index contributed by atoms with van der Waals surface area (Å²) in [7, 11) is 0. The average molecular weight is 1600 g/mol. The van der Waals surface area contributed by atoms with Crippen molar-refractivity contribution in [2.45, 2.75) is 439 Å². The fraction of sp³-hybridized carbons (Fsp3) is 0.777. The first-order chi connectivity index (χ1) is 55.3. The van der Waals surface area contributed by atoms with Crippen LogP contribution in [0.3, 0.4) is 0 Å². The van der Waals surface area contributed by atoms with Crippen LogP contribution in [0.1, 0.15) is 335 Å². The van der Waals surface area contributed by atoms with Crippen LogP contribution in [-0.4, -0.2) is 193 Å². The van der Waals surface area contributed by atoms with Crippen LogP contribution in [0, 0.1) is 0 Å². The summed E-state index contributed by atoms with van der Waals surface area (Å²) >= 11 is 0. The fourth-order valence-electron chi connectivity index (χ4n) is 14.6. The van der Waals surface area contributed by atoms with Gasteiger partial charge in [-0.3, -0.25) is 4.79 Å². The summed E-state index contributed by atoms with van der Waals surface area (Å²) < 4.78 is 34.5. The number of hydrogen-bond acceptors (Lipinski definition) is 18. The molecule has 0 saturated carbocycles. The molecule has 0 bridgehead atoms. The highest BCUT2D eigenvalue weighted by atomic mass is 16.8. The first kappa shape index (κ1) is 103. The molecule has 3 aliphatic heterocycles. The monoisotopic (exact) mass is 1590 g/mol. The van der Waals surface area contributed by atoms with E-state index >= 15 is 0 Å². The van der Waals surface area contributed by atoms with E-state index in [1.165, 1.54) is 193 Å². The largest absolute Gasteiger partial charge is 0.394 e. The number of carbonyl (C=O) groups excluding carboxylic acids is 1. The molecule has 0 aliphatic carbocycles. The normalized spacial score (nSPS) is 25.4. The zero-order chi connectivity index (χ0) is 81.7. The van der Waals surface area contributed by atoms with Gasteiger partial charge in [-0.1, -0.05) is 360 Å². The van der Waals surface area contributed by atoms with Gasteiger partial charge in [0.15, 0.2) is 18.9 Å². The lowest BCUT2D eigenvalue weighted by molar-refractivity contribution is -0.379. The number of carbonyl (C=O) groups is 1. The molecule has 0 aromatic heterocycles. The Morgan fingerprint density at radius 2 is 0.611 bits per heavy atom. The molecule has 17 unspecified atom stereocenters. The first-order valence-electron chi connectivity index (χ1n) is 45.3. The van der Waals surface area contributed by atoms with Crippen molar-refractivity contribution in [1.29, 1.82) is 0 Å². The molecule has 17 atom stereocenters. The standard InChI is InChI=1S/C94H163NO18/c1-3-5-7-9-11-13-15-17-19-21-23-25-27-29-31-32-33-34-35-36-37-38-39-40-41-42-43-44-46-48-50-52-54-56-58-60-62-64-66-68-70-72-82(100)95-77(78(99)71-69-67-65-63-61-59-57-55-53-51-49-47-45-30-28-26-24-22-20-18-16-14-12-10-8-6-4-2)76-108-92-88(106)85(103)90(80(74-97)110-92)113-94-89(107)86(104)91(81(75-98)111-94)112-93-87(105)84(102)83(101)79(73-96)109-93/h5,7,11,13,17,19,23,25,29,31,33-34,36-37,39-40,42-43,69,71,77-81,83-94,96-99,101-107H,3-4,6,8-10,12,14-16,18,20-22,24,26-28,30,32,35,38,41,44-68,70,72-76H2,1-2H3,(H,95,100)/b7-5-,13-11-,19-17-,25-23-,31-29-,34-33-,37-36-,40-39-,43-42-,71-69+. The molecule has 3 saturated heterocycles. The van der Waals surface area contributed by atoms with Crippen molar-refractivity contribution in [3.05, 3.63) is 122 Å². The fourth-order valence-corrected chi connectivity index (χ4v) is 14.6. The summed E-state index contributed by atoms with van der Waals surface area (Å²) in [4.78, 5) is 13.5. The van der Waals surface area contributed by atoms with Gasteiger partial charge in [0.2, 0.25) is 5.91 Å². The van der Waals surface area contributed by atoms with Gasteiger partial charge in [0, 0.05) is 6.42 Å². The van der Waals surface area contributed by atoms with E-state index in [0.29, 0.717) is 6.42 Å². The molecule has 1 amide bonds. The van der Waals surface area contributed by atoms with Crippen LogP contribution in [0.4, 0.5) is 0 Å². The Hall–Kier alpha value is -3.81. The Morgan fingerprint density at radius 3 is 0.956 bits per heavy atom.